The van der Waals surface area contributed by atoms with Crippen LogP contribution in [0, 0.1) is 0 Å². The quantitative estimate of drug-likeness (QED) is 0.181. The van der Waals surface area contributed by atoms with Crippen LogP contribution in [0.3, 0.4) is 0 Å². The zero-order valence-electron chi connectivity index (χ0n) is 18.1. The average Bonchev–Trinajstić information content (AvgIpc) is 2.68. The van der Waals surface area contributed by atoms with Crippen LogP contribution in [0.15, 0.2) is 0 Å². The summed E-state index contributed by atoms with van der Waals surface area (Å²) in [6, 6.07) is 0.741. The monoisotopic (exact) mass is 366 g/mol. The average molecular weight is 367 g/mol. The molecule has 2 nitrogen and oxygen atoms in total. The zero-order valence-corrected chi connectivity index (χ0v) is 18.1. The van der Waals surface area contributed by atoms with Gasteiger partial charge in [0.25, 0.3) is 0 Å². The number of unbranched alkanes of at least 4 members (excludes halogenated alkanes) is 15. The van der Waals surface area contributed by atoms with E-state index in [-0.39, 0.29) is 0 Å². The van der Waals surface area contributed by atoms with Gasteiger partial charge in [-0.15, -0.1) is 0 Å². The smallest absolute Gasteiger partial charge is 0.0212 e. The molecular formula is C24H50N2. The topological polar surface area (TPSA) is 24.1 Å². The van der Waals surface area contributed by atoms with Crippen molar-refractivity contribution in [3.8, 4) is 0 Å². The molecule has 1 aliphatic rings. The lowest BCUT2D eigenvalue weighted by Gasteiger charge is -2.23. The Morgan fingerprint density at radius 1 is 0.538 bits per heavy atom. The van der Waals surface area contributed by atoms with E-state index in [9.17, 15) is 0 Å². The Hall–Kier alpha value is -0.0800. The van der Waals surface area contributed by atoms with E-state index < -0.39 is 0 Å². The van der Waals surface area contributed by atoms with Crippen LogP contribution in [0.5, 0.6) is 0 Å². The van der Waals surface area contributed by atoms with E-state index in [1.165, 1.54) is 135 Å². The van der Waals surface area contributed by atoms with Crippen molar-refractivity contribution in [2.24, 2.45) is 0 Å². The Kier molecular flexibility index (Phi) is 18.1. The highest BCUT2D eigenvalue weighted by atomic mass is 15.4. The third-order valence-electron chi connectivity index (χ3n) is 6.07. The van der Waals surface area contributed by atoms with Gasteiger partial charge in [-0.3, -0.25) is 10.9 Å². The van der Waals surface area contributed by atoms with Gasteiger partial charge < -0.3 is 0 Å². The summed E-state index contributed by atoms with van der Waals surface area (Å²) < 4.78 is 0. The molecule has 2 heteroatoms. The molecule has 26 heavy (non-hydrogen) atoms. The summed E-state index contributed by atoms with van der Waals surface area (Å²) in [5.41, 5.74) is 6.98. The van der Waals surface area contributed by atoms with Gasteiger partial charge in [-0.2, -0.15) is 0 Å². The van der Waals surface area contributed by atoms with Gasteiger partial charge in [0.1, 0.15) is 0 Å². The van der Waals surface area contributed by atoms with Crippen molar-refractivity contribution in [2.45, 2.75) is 148 Å². The molecule has 0 saturated heterocycles. The molecule has 1 saturated carbocycles. The molecule has 2 N–H and O–H groups in total. The Bertz CT molecular complexity index is 261. The first-order valence-corrected chi connectivity index (χ1v) is 12.4. The van der Waals surface area contributed by atoms with E-state index in [1.54, 1.807) is 0 Å². The normalized spacial score (nSPS) is 15.6. The van der Waals surface area contributed by atoms with E-state index in [4.69, 9.17) is 0 Å². The zero-order chi connectivity index (χ0) is 18.5. The molecule has 0 unspecified atom stereocenters. The molecule has 0 radical (unpaired) electrons. The molecule has 0 spiro atoms. The molecule has 0 aliphatic heterocycles. The van der Waals surface area contributed by atoms with Crippen LogP contribution in [0.2, 0.25) is 0 Å². The molecule has 0 bridgehead atoms. The van der Waals surface area contributed by atoms with E-state index in [0.29, 0.717) is 0 Å². The van der Waals surface area contributed by atoms with Crippen LogP contribution >= 0.6 is 0 Å². The highest BCUT2D eigenvalue weighted by Gasteiger charge is 2.11. The number of hydrogen-bond acceptors (Lipinski definition) is 2. The second kappa shape index (κ2) is 19.7. The summed E-state index contributed by atoms with van der Waals surface area (Å²) >= 11 is 0. The number of hydrazine groups is 1. The van der Waals surface area contributed by atoms with Gasteiger partial charge in [0, 0.05) is 12.6 Å². The maximum Gasteiger partial charge on any atom is 0.0212 e. The molecule has 1 fully saturated rings. The third-order valence-corrected chi connectivity index (χ3v) is 6.07. The SMILES string of the molecule is CCCCCCCCCCCCCCCCCCNNC1CCCCC1. The van der Waals surface area contributed by atoms with Crippen LogP contribution in [0.25, 0.3) is 0 Å². The Morgan fingerprint density at radius 3 is 1.42 bits per heavy atom. The van der Waals surface area contributed by atoms with E-state index in [0.717, 1.165) is 12.6 Å². The van der Waals surface area contributed by atoms with Crippen LogP contribution in [0.1, 0.15) is 142 Å². The fourth-order valence-corrected chi connectivity index (χ4v) is 4.22. The van der Waals surface area contributed by atoms with Crippen molar-refractivity contribution in [3.05, 3.63) is 0 Å². The molecule has 0 aromatic rings. The molecule has 156 valence electrons. The van der Waals surface area contributed by atoms with Crippen molar-refractivity contribution in [1.82, 2.24) is 10.9 Å². The maximum atomic E-state index is 3.52. The van der Waals surface area contributed by atoms with Crippen molar-refractivity contribution in [1.29, 1.82) is 0 Å². The maximum absolute atomic E-state index is 3.52. The van der Waals surface area contributed by atoms with Gasteiger partial charge >= 0.3 is 0 Å². The van der Waals surface area contributed by atoms with Crippen LogP contribution in [0.4, 0.5) is 0 Å². The molecule has 0 heterocycles. The summed E-state index contributed by atoms with van der Waals surface area (Å²) in [5.74, 6) is 0. The summed E-state index contributed by atoms with van der Waals surface area (Å²) in [6.07, 6.45) is 30.2. The Morgan fingerprint density at radius 2 is 0.962 bits per heavy atom. The number of rotatable bonds is 19. The molecule has 0 aromatic carbocycles. The summed E-state index contributed by atoms with van der Waals surface area (Å²) in [7, 11) is 0. The van der Waals surface area contributed by atoms with Crippen LogP contribution < -0.4 is 10.9 Å². The predicted molar refractivity (Wildman–Crippen MR) is 118 cm³/mol. The van der Waals surface area contributed by atoms with Gasteiger partial charge in [0.2, 0.25) is 0 Å². The summed E-state index contributed by atoms with van der Waals surface area (Å²) in [5, 5.41) is 0. The number of hydrogen-bond donors (Lipinski definition) is 2. The highest BCUT2D eigenvalue weighted by Crippen LogP contribution is 2.17. The molecule has 1 rings (SSSR count). The summed E-state index contributed by atoms with van der Waals surface area (Å²) in [4.78, 5) is 0. The molecule has 1 aliphatic carbocycles. The Labute approximate surface area is 165 Å². The van der Waals surface area contributed by atoms with Crippen LogP contribution in [-0.2, 0) is 0 Å². The Balaban J connectivity index is 1.65. The van der Waals surface area contributed by atoms with E-state index in [1.807, 2.05) is 0 Å². The predicted octanol–water partition coefficient (Wildman–Crippen LogP) is 7.67. The fraction of sp³-hybridized carbons (Fsp3) is 1.00. The van der Waals surface area contributed by atoms with Crippen molar-refractivity contribution in [3.63, 3.8) is 0 Å². The first kappa shape index (κ1) is 24.0. The van der Waals surface area contributed by atoms with Crippen molar-refractivity contribution < 1.29 is 0 Å². The van der Waals surface area contributed by atoms with Crippen LogP contribution in [-0.4, -0.2) is 12.6 Å². The minimum atomic E-state index is 0.741. The molecule has 0 amide bonds. The second-order valence-corrected chi connectivity index (χ2v) is 8.71. The molecule has 0 aromatic heterocycles. The van der Waals surface area contributed by atoms with Gasteiger partial charge in [-0.1, -0.05) is 122 Å². The standard InChI is InChI=1S/C24H50N2/c1-2-3-4-5-6-7-8-9-10-11-12-13-14-15-16-20-23-25-26-24-21-18-17-19-22-24/h24-26H,2-23H2,1H3. The third kappa shape index (κ3) is 16.1. The fourth-order valence-electron chi connectivity index (χ4n) is 4.22. The van der Waals surface area contributed by atoms with Gasteiger partial charge in [0.15, 0.2) is 0 Å². The van der Waals surface area contributed by atoms with E-state index >= 15 is 0 Å². The van der Waals surface area contributed by atoms with Gasteiger partial charge in [-0.05, 0) is 19.3 Å². The minimum absolute atomic E-state index is 0.741. The second-order valence-electron chi connectivity index (χ2n) is 8.71. The largest absolute Gasteiger partial charge is 0.258 e. The van der Waals surface area contributed by atoms with Gasteiger partial charge in [-0.25, -0.2) is 0 Å². The first-order chi connectivity index (χ1) is 12.9. The number of nitrogens with one attached hydrogen (secondary N) is 2. The summed E-state index contributed by atoms with van der Waals surface area (Å²) in [6.45, 7) is 3.45. The van der Waals surface area contributed by atoms with Gasteiger partial charge in [0.05, 0.1) is 0 Å². The highest BCUT2D eigenvalue weighted by molar-refractivity contribution is 4.69. The van der Waals surface area contributed by atoms with Crippen molar-refractivity contribution >= 4 is 0 Å². The molecule has 0 atom stereocenters. The molecular weight excluding hydrogens is 316 g/mol. The lowest BCUT2D eigenvalue weighted by molar-refractivity contribution is 0.331. The van der Waals surface area contributed by atoms with Crippen molar-refractivity contribution in [2.75, 3.05) is 6.54 Å². The lowest BCUT2D eigenvalue weighted by Crippen LogP contribution is -2.42. The lowest BCUT2D eigenvalue weighted by atomic mass is 9.96. The van der Waals surface area contributed by atoms with E-state index in [2.05, 4.69) is 17.8 Å². The minimum Gasteiger partial charge on any atom is -0.258 e. The first-order valence-electron chi connectivity index (χ1n) is 12.4.